The maximum absolute atomic E-state index is 12.5. The van der Waals surface area contributed by atoms with Crippen LogP contribution < -0.4 is 0 Å². The first kappa shape index (κ1) is 14.3. The summed E-state index contributed by atoms with van der Waals surface area (Å²) in [5.41, 5.74) is 4.13. The summed E-state index contributed by atoms with van der Waals surface area (Å²) in [6.45, 7) is 4.69. The lowest BCUT2D eigenvalue weighted by molar-refractivity contribution is 0.0796. The fourth-order valence-corrected chi connectivity index (χ4v) is 2.12. The third-order valence-electron chi connectivity index (χ3n) is 3.46. The molecule has 20 heavy (non-hydrogen) atoms. The van der Waals surface area contributed by atoms with Crippen molar-refractivity contribution in [1.29, 1.82) is 0 Å². The second kappa shape index (κ2) is 6.33. The number of likely N-dealkylation sites (N-methyl/N-ethyl adjacent to an activating group) is 1. The van der Waals surface area contributed by atoms with Gasteiger partial charge in [0.1, 0.15) is 0 Å². The summed E-state index contributed by atoms with van der Waals surface area (Å²) in [6.07, 6.45) is 4.40. The number of aromatic nitrogens is 1. The molecular formula is C17H20N2O. The maximum atomic E-state index is 12.5. The number of pyridine rings is 1. The molecule has 0 atom stereocenters. The third kappa shape index (κ3) is 3.44. The van der Waals surface area contributed by atoms with E-state index in [9.17, 15) is 4.79 Å². The molecule has 0 aliphatic rings. The number of aryl methyl sites for hydroxylation is 2. The summed E-state index contributed by atoms with van der Waals surface area (Å²) in [6, 6.07) is 9.95. The Morgan fingerprint density at radius 1 is 1.15 bits per heavy atom. The van der Waals surface area contributed by atoms with Crippen LogP contribution in [0.2, 0.25) is 0 Å². The van der Waals surface area contributed by atoms with E-state index in [1.807, 2.05) is 51.2 Å². The highest BCUT2D eigenvalue weighted by Crippen LogP contribution is 2.13. The van der Waals surface area contributed by atoms with Crippen LogP contribution in [-0.4, -0.2) is 29.4 Å². The van der Waals surface area contributed by atoms with E-state index in [0.29, 0.717) is 6.54 Å². The van der Waals surface area contributed by atoms with Gasteiger partial charge in [0.2, 0.25) is 0 Å². The van der Waals surface area contributed by atoms with Crippen LogP contribution in [0.5, 0.6) is 0 Å². The summed E-state index contributed by atoms with van der Waals surface area (Å²) in [7, 11) is 1.85. The van der Waals surface area contributed by atoms with Gasteiger partial charge in [0, 0.05) is 31.5 Å². The molecule has 0 fully saturated rings. The Labute approximate surface area is 120 Å². The van der Waals surface area contributed by atoms with E-state index < -0.39 is 0 Å². The molecule has 2 rings (SSSR count). The van der Waals surface area contributed by atoms with E-state index in [4.69, 9.17) is 0 Å². The van der Waals surface area contributed by atoms with E-state index in [-0.39, 0.29) is 5.91 Å². The minimum absolute atomic E-state index is 0.0836. The standard InChI is InChI=1S/C17H20N2O/c1-13-4-5-14(2)16(12-13)17(20)19(3)11-8-15-6-9-18-10-7-15/h4-7,9-10,12H,8,11H2,1-3H3. The van der Waals surface area contributed by atoms with E-state index >= 15 is 0 Å². The van der Waals surface area contributed by atoms with Crippen LogP contribution in [0, 0.1) is 13.8 Å². The second-order valence-electron chi connectivity index (χ2n) is 5.15. The van der Waals surface area contributed by atoms with Crippen LogP contribution in [0.4, 0.5) is 0 Å². The SMILES string of the molecule is Cc1ccc(C)c(C(=O)N(C)CCc2ccncc2)c1. The normalized spacial score (nSPS) is 10.3. The Bertz CT molecular complexity index is 593. The van der Waals surface area contributed by atoms with Crippen LogP contribution in [0.1, 0.15) is 27.0 Å². The molecule has 0 aliphatic carbocycles. The van der Waals surface area contributed by atoms with Gasteiger partial charge in [0.05, 0.1) is 0 Å². The highest BCUT2D eigenvalue weighted by molar-refractivity contribution is 5.95. The van der Waals surface area contributed by atoms with Crippen LogP contribution in [0.3, 0.4) is 0 Å². The number of benzene rings is 1. The van der Waals surface area contributed by atoms with E-state index in [0.717, 1.165) is 23.1 Å². The summed E-state index contributed by atoms with van der Waals surface area (Å²) >= 11 is 0. The Morgan fingerprint density at radius 3 is 2.55 bits per heavy atom. The van der Waals surface area contributed by atoms with Gasteiger partial charge in [-0.2, -0.15) is 0 Å². The van der Waals surface area contributed by atoms with Crippen molar-refractivity contribution in [3.8, 4) is 0 Å². The third-order valence-corrected chi connectivity index (χ3v) is 3.46. The molecule has 2 aromatic rings. The number of carbonyl (C=O) groups is 1. The molecule has 1 aromatic carbocycles. The molecule has 104 valence electrons. The van der Waals surface area contributed by atoms with Crippen LogP contribution in [-0.2, 0) is 6.42 Å². The van der Waals surface area contributed by atoms with Crippen molar-refractivity contribution in [1.82, 2.24) is 9.88 Å². The molecule has 3 nitrogen and oxygen atoms in total. The number of rotatable bonds is 4. The quantitative estimate of drug-likeness (QED) is 0.854. The van der Waals surface area contributed by atoms with Crippen LogP contribution >= 0.6 is 0 Å². The van der Waals surface area contributed by atoms with Crippen LogP contribution in [0.15, 0.2) is 42.7 Å². The number of amides is 1. The van der Waals surface area contributed by atoms with Crippen molar-refractivity contribution >= 4 is 5.91 Å². The number of hydrogen-bond acceptors (Lipinski definition) is 2. The molecule has 1 amide bonds. The van der Waals surface area contributed by atoms with Gasteiger partial charge in [0.25, 0.3) is 5.91 Å². The molecule has 0 saturated carbocycles. The van der Waals surface area contributed by atoms with Gasteiger partial charge in [-0.15, -0.1) is 0 Å². The van der Waals surface area contributed by atoms with Gasteiger partial charge in [0.15, 0.2) is 0 Å². The van der Waals surface area contributed by atoms with E-state index in [1.54, 1.807) is 17.3 Å². The molecule has 0 unspecified atom stereocenters. The molecule has 0 spiro atoms. The maximum Gasteiger partial charge on any atom is 0.253 e. The highest BCUT2D eigenvalue weighted by Gasteiger charge is 2.14. The minimum atomic E-state index is 0.0836. The molecule has 1 aromatic heterocycles. The predicted octanol–water partition coefficient (Wildman–Crippen LogP) is 3.01. The Hall–Kier alpha value is -2.16. The molecule has 0 N–H and O–H groups in total. The summed E-state index contributed by atoms with van der Waals surface area (Å²) in [4.78, 5) is 18.2. The zero-order chi connectivity index (χ0) is 14.5. The molecule has 0 radical (unpaired) electrons. The number of nitrogens with zero attached hydrogens (tertiary/aromatic N) is 2. The molecule has 1 heterocycles. The van der Waals surface area contributed by atoms with Gasteiger partial charge in [-0.3, -0.25) is 9.78 Å². The second-order valence-corrected chi connectivity index (χ2v) is 5.15. The van der Waals surface area contributed by atoms with Crippen LogP contribution in [0.25, 0.3) is 0 Å². The van der Waals surface area contributed by atoms with Crippen molar-refractivity contribution in [3.63, 3.8) is 0 Å². The lowest BCUT2D eigenvalue weighted by Gasteiger charge is -2.18. The predicted molar refractivity (Wildman–Crippen MR) is 80.8 cm³/mol. The fraction of sp³-hybridized carbons (Fsp3) is 0.294. The summed E-state index contributed by atoms with van der Waals surface area (Å²) in [5.74, 6) is 0.0836. The molecule has 0 aliphatic heterocycles. The zero-order valence-electron chi connectivity index (χ0n) is 12.3. The van der Waals surface area contributed by atoms with Gasteiger partial charge in [-0.05, 0) is 49.6 Å². The molecular weight excluding hydrogens is 248 g/mol. The average molecular weight is 268 g/mol. The van der Waals surface area contributed by atoms with Gasteiger partial charge < -0.3 is 4.90 Å². The van der Waals surface area contributed by atoms with E-state index in [1.165, 1.54) is 5.56 Å². The Kier molecular flexibility index (Phi) is 4.51. The lowest BCUT2D eigenvalue weighted by atomic mass is 10.0. The number of carbonyl (C=O) groups excluding carboxylic acids is 1. The van der Waals surface area contributed by atoms with Crippen molar-refractivity contribution in [2.75, 3.05) is 13.6 Å². The first-order chi connectivity index (χ1) is 9.58. The summed E-state index contributed by atoms with van der Waals surface area (Å²) in [5, 5.41) is 0. The van der Waals surface area contributed by atoms with Crippen molar-refractivity contribution < 1.29 is 4.79 Å². The minimum Gasteiger partial charge on any atom is -0.341 e. The number of hydrogen-bond donors (Lipinski definition) is 0. The van der Waals surface area contributed by atoms with Crippen molar-refractivity contribution in [2.24, 2.45) is 0 Å². The topological polar surface area (TPSA) is 33.2 Å². The van der Waals surface area contributed by atoms with Gasteiger partial charge >= 0.3 is 0 Å². The first-order valence-electron chi connectivity index (χ1n) is 6.79. The largest absolute Gasteiger partial charge is 0.341 e. The van der Waals surface area contributed by atoms with Crippen molar-refractivity contribution in [3.05, 3.63) is 65.0 Å². The Balaban J connectivity index is 2.03. The van der Waals surface area contributed by atoms with Crippen molar-refractivity contribution in [2.45, 2.75) is 20.3 Å². The average Bonchev–Trinajstić information content (AvgIpc) is 2.47. The highest BCUT2D eigenvalue weighted by atomic mass is 16.2. The first-order valence-corrected chi connectivity index (χ1v) is 6.79. The fourth-order valence-electron chi connectivity index (χ4n) is 2.12. The molecule has 0 bridgehead atoms. The lowest BCUT2D eigenvalue weighted by Crippen LogP contribution is -2.29. The monoisotopic (exact) mass is 268 g/mol. The molecule has 3 heteroatoms. The van der Waals surface area contributed by atoms with E-state index in [2.05, 4.69) is 4.98 Å². The molecule has 0 saturated heterocycles. The van der Waals surface area contributed by atoms with Gasteiger partial charge in [-0.25, -0.2) is 0 Å². The smallest absolute Gasteiger partial charge is 0.253 e. The zero-order valence-corrected chi connectivity index (χ0v) is 12.3. The Morgan fingerprint density at radius 2 is 1.85 bits per heavy atom. The van der Waals surface area contributed by atoms with Gasteiger partial charge in [-0.1, -0.05) is 17.7 Å². The summed E-state index contributed by atoms with van der Waals surface area (Å²) < 4.78 is 0.